The Morgan fingerprint density at radius 2 is 0.829 bits per heavy atom. The van der Waals surface area contributed by atoms with E-state index in [9.17, 15) is 0 Å². The van der Waals surface area contributed by atoms with Crippen molar-refractivity contribution < 1.29 is 17.0 Å². The van der Waals surface area contributed by atoms with Gasteiger partial charge in [0.1, 0.15) is 0 Å². The first-order chi connectivity index (χ1) is 20.1. The van der Waals surface area contributed by atoms with Crippen LogP contribution in [0, 0.1) is 13.8 Å². The minimum atomic E-state index is -0.556. The number of aromatic nitrogens is 2. The molecule has 41 heavy (non-hydrogen) atoms. The third-order valence-corrected chi connectivity index (χ3v) is 7.51. The van der Waals surface area contributed by atoms with E-state index in [4.69, 9.17) is 18.6 Å². The molecule has 8 rings (SSSR count). The van der Waals surface area contributed by atoms with Crippen LogP contribution in [0.1, 0.15) is 11.4 Å². The zero-order chi connectivity index (χ0) is 28.3. The maximum absolute atomic E-state index is 4.89. The van der Waals surface area contributed by atoms with E-state index in [1.165, 1.54) is 66.1 Å². The van der Waals surface area contributed by atoms with Crippen LogP contribution in [-0.2, 0) is 17.0 Å². The van der Waals surface area contributed by atoms with E-state index in [0.29, 0.717) is 0 Å². The number of halogens is 2. The van der Waals surface area contributed by atoms with Gasteiger partial charge in [0, 0.05) is 22.2 Å². The van der Waals surface area contributed by atoms with Gasteiger partial charge in [0.15, 0.2) is 0 Å². The molecular formula is C36H28Cl2N2Ti-2. The summed E-state index contributed by atoms with van der Waals surface area (Å²) in [6, 6.07) is 47.6. The fraction of sp³-hybridized carbons (Fsp3) is 0.0556. The van der Waals surface area contributed by atoms with E-state index in [2.05, 4.69) is 156 Å². The van der Waals surface area contributed by atoms with Crippen molar-refractivity contribution in [2.45, 2.75) is 13.8 Å². The second-order valence-corrected chi connectivity index (χ2v) is 12.7. The van der Waals surface area contributed by atoms with Crippen LogP contribution in [-0.4, -0.2) is 9.13 Å². The topological polar surface area (TPSA) is 9.86 Å². The third-order valence-electron chi connectivity index (χ3n) is 7.51. The molecule has 0 aliphatic rings. The Kier molecular flexibility index (Phi) is 8.19. The molecule has 202 valence electrons. The van der Waals surface area contributed by atoms with Gasteiger partial charge in [-0.1, -0.05) is 48.5 Å². The number of para-hydroxylation sites is 2. The number of fused-ring (bicyclic) bond motifs is 4. The fourth-order valence-electron chi connectivity index (χ4n) is 5.80. The Morgan fingerprint density at radius 1 is 0.488 bits per heavy atom. The first-order valence-corrected chi connectivity index (χ1v) is 17.8. The molecule has 8 aromatic rings. The maximum atomic E-state index is 4.89. The van der Waals surface area contributed by atoms with Gasteiger partial charge in [0.25, 0.3) is 0 Å². The van der Waals surface area contributed by atoms with E-state index in [0.717, 1.165) is 0 Å². The van der Waals surface area contributed by atoms with Gasteiger partial charge in [-0.15, -0.1) is 82.2 Å². The molecule has 0 atom stereocenters. The molecule has 0 saturated heterocycles. The van der Waals surface area contributed by atoms with Gasteiger partial charge in [0.2, 0.25) is 0 Å². The van der Waals surface area contributed by atoms with Crippen LogP contribution in [0.2, 0.25) is 0 Å². The Morgan fingerprint density at radius 3 is 1.22 bits per heavy atom. The van der Waals surface area contributed by atoms with E-state index in [-0.39, 0.29) is 0 Å². The van der Waals surface area contributed by atoms with Crippen LogP contribution >= 0.6 is 18.6 Å². The summed E-state index contributed by atoms with van der Waals surface area (Å²) in [5.74, 6) is 0. The zero-order valence-corrected chi connectivity index (χ0v) is 25.9. The first kappa shape index (κ1) is 27.6. The number of benzene rings is 4. The molecule has 5 heteroatoms. The SMILES string of the molecule is Cc1cc2ccccc2n1-c1cc2ccccc2[cH-]1.Cc1cc2ccccc2n1-c1cc2ccccc2[cH-]1.[Cl][Ti][Cl]. The molecule has 0 bridgehead atoms. The van der Waals surface area contributed by atoms with Gasteiger partial charge in [-0.3, -0.25) is 0 Å². The number of nitrogens with zero attached hydrogens (tertiary/aromatic N) is 2. The Bertz CT molecular complexity index is 1870. The standard InChI is InChI=1S/2C18H14N.2ClH.Ti/c2*1-13-10-16-8-4-5-9-18(16)19(13)17-11-14-6-2-3-7-15(14)12-17;;;/h2*2-12H,1H3;2*1H;/q2*-1;;;+2/p-2. The van der Waals surface area contributed by atoms with Gasteiger partial charge in [-0.2, -0.15) is 0 Å². The molecule has 0 unspecified atom stereocenters. The van der Waals surface area contributed by atoms with E-state index >= 15 is 0 Å². The van der Waals surface area contributed by atoms with Crippen molar-refractivity contribution in [1.29, 1.82) is 0 Å². The fourth-order valence-corrected chi connectivity index (χ4v) is 5.80. The molecule has 0 saturated carbocycles. The summed E-state index contributed by atoms with van der Waals surface area (Å²) in [7, 11) is 9.78. The molecule has 0 amide bonds. The van der Waals surface area contributed by atoms with Crippen LogP contribution in [0.3, 0.4) is 0 Å². The van der Waals surface area contributed by atoms with Gasteiger partial charge < -0.3 is 9.13 Å². The summed E-state index contributed by atoms with van der Waals surface area (Å²) < 4.78 is 4.66. The normalized spacial score (nSPS) is 10.9. The summed E-state index contributed by atoms with van der Waals surface area (Å²) in [6.45, 7) is 4.33. The number of hydrogen-bond acceptors (Lipinski definition) is 0. The van der Waals surface area contributed by atoms with Crippen LogP contribution < -0.4 is 0 Å². The average molecular weight is 607 g/mol. The molecule has 0 spiro atoms. The Hall–Kier alpha value is -3.53. The number of hydrogen-bond donors (Lipinski definition) is 0. The predicted molar refractivity (Wildman–Crippen MR) is 174 cm³/mol. The van der Waals surface area contributed by atoms with Crippen LogP contribution in [0.25, 0.3) is 54.7 Å². The summed E-state index contributed by atoms with van der Waals surface area (Å²) in [4.78, 5) is 0. The molecule has 2 aromatic heterocycles. The molecule has 2 heterocycles. The zero-order valence-electron chi connectivity index (χ0n) is 22.9. The molecule has 0 fully saturated rings. The Balaban J connectivity index is 0.000000135. The van der Waals surface area contributed by atoms with Gasteiger partial charge in [0.05, 0.1) is 11.0 Å². The van der Waals surface area contributed by atoms with Gasteiger partial charge in [-0.25, -0.2) is 0 Å². The summed E-state index contributed by atoms with van der Waals surface area (Å²) >= 11 is -0.556. The van der Waals surface area contributed by atoms with Crippen molar-refractivity contribution in [1.82, 2.24) is 9.13 Å². The first-order valence-electron chi connectivity index (χ1n) is 13.5. The van der Waals surface area contributed by atoms with Crippen molar-refractivity contribution >= 4 is 62.0 Å². The second-order valence-electron chi connectivity index (χ2n) is 10.1. The molecule has 0 aliphatic carbocycles. The quantitative estimate of drug-likeness (QED) is 0.137. The van der Waals surface area contributed by atoms with Gasteiger partial charge in [-0.05, 0) is 49.5 Å². The van der Waals surface area contributed by atoms with Crippen LogP contribution in [0.5, 0.6) is 0 Å². The molecule has 0 radical (unpaired) electrons. The summed E-state index contributed by atoms with van der Waals surface area (Å²) in [6.07, 6.45) is 0. The third kappa shape index (κ3) is 5.54. The van der Waals surface area contributed by atoms with Crippen LogP contribution in [0.4, 0.5) is 0 Å². The van der Waals surface area contributed by atoms with E-state index in [1.807, 2.05) is 0 Å². The van der Waals surface area contributed by atoms with E-state index in [1.54, 1.807) is 0 Å². The molecule has 0 aliphatic heterocycles. The summed E-state index contributed by atoms with van der Waals surface area (Å²) in [5.41, 5.74) is 7.60. The van der Waals surface area contributed by atoms with Crippen molar-refractivity contribution in [3.63, 3.8) is 0 Å². The molecule has 2 nitrogen and oxygen atoms in total. The number of rotatable bonds is 2. The van der Waals surface area contributed by atoms with Crippen molar-refractivity contribution in [2.75, 3.05) is 0 Å². The van der Waals surface area contributed by atoms with Crippen molar-refractivity contribution in [2.24, 2.45) is 0 Å². The van der Waals surface area contributed by atoms with E-state index < -0.39 is 17.0 Å². The molecular weight excluding hydrogens is 579 g/mol. The summed E-state index contributed by atoms with van der Waals surface area (Å²) in [5, 5.41) is 7.80. The van der Waals surface area contributed by atoms with Crippen molar-refractivity contribution in [3.05, 3.63) is 145 Å². The molecule has 6 aromatic carbocycles. The van der Waals surface area contributed by atoms with Gasteiger partial charge >= 0.3 is 35.6 Å². The van der Waals surface area contributed by atoms with Crippen LogP contribution in [0.15, 0.2) is 133 Å². The number of aryl methyl sites for hydroxylation is 2. The Labute approximate surface area is 256 Å². The second kappa shape index (κ2) is 12.1. The molecule has 0 N–H and O–H groups in total. The minimum absolute atomic E-state index is 0.556. The average Bonchev–Trinajstić information content (AvgIpc) is 3.74. The monoisotopic (exact) mass is 606 g/mol. The van der Waals surface area contributed by atoms with Crippen molar-refractivity contribution in [3.8, 4) is 11.4 Å². The predicted octanol–water partition coefficient (Wildman–Crippen LogP) is 11.0.